The van der Waals surface area contributed by atoms with Crippen molar-refractivity contribution in [2.75, 3.05) is 26.7 Å². The largest absolute Gasteiger partial charge is 0.492 e. The molecule has 26 heavy (non-hydrogen) atoms. The summed E-state index contributed by atoms with van der Waals surface area (Å²) in [4.78, 5) is 6.57. The molecule has 0 radical (unpaired) electrons. The number of aliphatic imine (C=N–C) groups is 1. The Morgan fingerprint density at radius 2 is 2.08 bits per heavy atom. The summed E-state index contributed by atoms with van der Waals surface area (Å²) in [6.45, 7) is 8.45. The zero-order valence-electron chi connectivity index (χ0n) is 15.8. The predicted octanol–water partition coefficient (Wildman–Crippen LogP) is 3.41. The van der Waals surface area contributed by atoms with E-state index < -0.39 is 0 Å². The zero-order chi connectivity index (χ0) is 18.9. The minimum Gasteiger partial charge on any atom is -0.492 e. The highest BCUT2D eigenvalue weighted by atomic mass is 19.1. The number of halogens is 1. The van der Waals surface area contributed by atoms with Gasteiger partial charge in [-0.2, -0.15) is 0 Å². The van der Waals surface area contributed by atoms with Gasteiger partial charge in [0.15, 0.2) is 11.7 Å². The predicted molar refractivity (Wildman–Crippen MR) is 99.9 cm³/mol. The van der Waals surface area contributed by atoms with Gasteiger partial charge >= 0.3 is 0 Å². The Morgan fingerprint density at radius 1 is 1.35 bits per heavy atom. The molecule has 1 aromatic carbocycles. The van der Waals surface area contributed by atoms with Gasteiger partial charge in [-0.3, -0.25) is 0 Å². The Kier molecular flexibility index (Phi) is 7.44. The highest BCUT2D eigenvalue weighted by Gasteiger charge is 2.09. The first kappa shape index (κ1) is 19.8. The molecule has 2 aromatic rings. The lowest BCUT2D eigenvalue weighted by Crippen LogP contribution is -2.40. The van der Waals surface area contributed by atoms with Crippen molar-refractivity contribution < 1.29 is 13.7 Å². The molecule has 0 aliphatic heterocycles. The highest BCUT2D eigenvalue weighted by Crippen LogP contribution is 2.14. The van der Waals surface area contributed by atoms with Crippen LogP contribution in [0.3, 0.4) is 0 Å². The number of likely N-dealkylation sites (N-methyl/N-ethyl adjacent to an activating group) is 1. The Bertz CT molecular complexity index is 698. The summed E-state index contributed by atoms with van der Waals surface area (Å²) < 4.78 is 23.9. The summed E-state index contributed by atoms with van der Waals surface area (Å²) in [5, 5.41) is 7.30. The molecular formula is C19H27FN4O2. The maximum Gasteiger partial charge on any atom is 0.194 e. The number of nitrogens with one attached hydrogen (secondary N) is 1. The summed E-state index contributed by atoms with van der Waals surface area (Å²) in [5.74, 6) is 2.20. The summed E-state index contributed by atoms with van der Waals surface area (Å²) in [7, 11) is 1.94. The molecule has 0 aliphatic rings. The third-order valence-electron chi connectivity index (χ3n) is 3.76. The lowest BCUT2D eigenvalue weighted by Gasteiger charge is -2.22. The molecule has 0 fully saturated rings. The van der Waals surface area contributed by atoms with Crippen LogP contribution in [0.4, 0.5) is 4.39 Å². The molecule has 0 saturated carbocycles. The van der Waals surface area contributed by atoms with Crippen LogP contribution in [0, 0.1) is 5.82 Å². The molecule has 0 spiro atoms. The number of hydrogen-bond donors (Lipinski definition) is 1. The minimum atomic E-state index is -0.274. The third kappa shape index (κ3) is 6.06. The van der Waals surface area contributed by atoms with Gasteiger partial charge in [0.05, 0.1) is 12.2 Å². The first-order valence-electron chi connectivity index (χ1n) is 8.83. The number of nitrogens with zero attached hydrogens (tertiary/aromatic N) is 3. The Hall–Kier alpha value is -2.57. The quantitative estimate of drug-likeness (QED) is 0.576. The second-order valence-corrected chi connectivity index (χ2v) is 6.27. The van der Waals surface area contributed by atoms with Crippen molar-refractivity contribution in [3.63, 3.8) is 0 Å². The lowest BCUT2D eigenvalue weighted by atomic mass is 10.1. The fourth-order valence-corrected chi connectivity index (χ4v) is 2.24. The first-order valence-corrected chi connectivity index (χ1v) is 8.83. The van der Waals surface area contributed by atoms with Gasteiger partial charge in [-0.1, -0.05) is 19.0 Å². The smallest absolute Gasteiger partial charge is 0.194 e. The summed E-state index contributed by atoms with van der Waals surface area (Å²) >= 11 is 0. The topological polar surface area (TPSA) is 62.9 Å². The molecule has 1 heterocycles. The molecule has 1 aromatic heterocycles. The number of hydrogen-bond acceptors (Lipinski definition) is 4. The molecule has 0 atom stereocenters. The van der Waals surface area contributed by atoms with Crippen molar-refractivity contribution in [1.82, 2.24) is 15.4 Å². The summed E-state index contributed by atoms with van der Waals surface area (Å²) in [6.07, 6.45) is 0. The molecule has 0 bridgehead atoms. The van der Waals surface area contributed by atoms with Crippen molar-refractivity contribution in [3.8, 4) is 5.75 Å². The van der Waals surface area contributed by atoms with Crippen LogP contribution in [0.5, 0.6) is 5.75 Å². The molecule has 142 valence electrons. The Balaban J connectivity index is 1.88. The van der Waals surface area contributed by atoms with Crippen LogP contribution < -0.4 is 10.1 Å². The highest BCUT2D eigenvalue weighted by molar-refractivity contribution is 5.79. The van der Waals surface area contributed by atoms with Crippen molar-refractivity contribution in [3.05, 3.63) is 47.6 Å². The molecule has 1 N–H and O–H groups in total. The molecule has 6 nitrogen and oxygen atoms in total. The van der Waals surface area contributed by atoms with Gasteiger partial charge in [0.25, 0.3) is 0 Å². The van der Waals surface area contributed by atoms with E-state index in [9.17, 15) is 4.39 Å². The number of rotatable bonds is 8. The Morgan fingerprint density at radius 3 is 2.69 bits per heavy atom. The van der Waals surface area contributed by atoms with Crippen LogP contribution in [-0.2, 0) is 6.54 Å². The van der Waals surface area contributed by atoms with E-state index >= 15 is 0 Å². The summed E-state index contributed by atoms with van der Waals surface area (Å²) in [5.41, 5.74) is 0.932. The fourth-order valence-electron chi connectivity index (χ4n) is 2.24. The molecule has 2 rings (SSSR count). The van der Waals surface area contributed by atoms with Gasteiger partial charge in [0, 0.05) is 19.7 Å². The van der Waals surface area contributed by atoms with Crippen molar-refractivity contribution in [2.24, 2.45) is 4.99 Å². The van der Waals surface area contributed by atoms with E-state index in [0.717, 1.165) is 24.0 Å². The van der Waals surface area contributed by atoms with Crippen LogP contribution in [0.2, 0.25) is 0 Å². The van der Waals surface area contributed by atoms with E-state index in [1.54, 1.807) is 12.1 Å². The molecular weight excluding hydrogens is 335 g/mol. The van der Waals surface area contributed by atoms with Crippen LogP contribution in [-0.4, -0.2) is 42.8 Å². The number of guanidine groups is 1. The standard InChI is InChI=1S/C19H27FN4O2/c1-5-21-19(22-13-17-12-18(14(2)3)23-26-17)24(4)10-11-25-16-8-6-15(20)7-9-16/h6-9,12,14H,5,10-11,13H2,1-4H3,(H,21,22). The molecule has 0 amide bonds. The number of ether oxygens (including phenoxy) is 1. The fraction of sp³-hybridized carbons (Fsp3) is 0.474. The van der Waals surface area contributed by atoms with E-state index in [1.807, 2.05) is 24.9 Å². The van der Waals surface area contributed by atoms with Crippen molar-refractivity contribution in [2.45, 2.75) is 33.2 Å². The Labute approximate surface area is 154 Å². The van der Waals surface area contributed by atoms with Gasteiger partial charge in [0.2, 0.25) is 0 Å². The SMILES string of the molecule is CCNC(=NCc1cc(C(C)C)no1)N(C)CCOc1ccc(F)cc1. The van der Waals surface area contributed by atoms with E-state index in [0.29, 0.717) is 31.4 Å². The van der Waals surface area contributed by atoms with E-state index in [1.165, 1.54) is 12.1 Å². The average Bonchev–Trinajstić information content (AvgIpc) is 3.09. The maximum absolute atomic E-state index is 12.9. The van der Waals surface area contributed by atoms with Gasteiger partial charge in [-0.15, -0.1) is 0 Å². The van der Waals surface area contributed by atoms with E-state index in [2.05, 4.69) is 29.3 Å². The van der Waals surface area contributed by atoms with E-state index in [4.69, 9.17) is 9.26 Å². The molecule has 0 aliphatic carbocycles. The maximum atomic E-state index is 12.9. The monoisotopic (exact) mass is 362 g/mol. The van der Waals surface area contributed by atoms with Crippen LogP contribution in [0.15, 0.2) is 39.8 Å². The van der Waals surface area contributed by atoms with Crippen molar-refractivity contribution in [1.29, 1.82) is 0 Å². The van der Waals surface area contributed by atoms with Gasteiger partial charge in [-0.05, 0) is 37.1 Å². The van der Waals surface area contributed by atoms with Crippen molar-refractivity contribution >= 4 is 5.96 Å². The average molecular weight is 362 g/mol. The normalized spacial score (nSPS) is 11.7. The number of benzene rings is 1. The zero-order valence-corrected chi connectivity index (χ0v) is 15.8. The first-order chi connectivity index (χ1) is 12.5. The van der Waals surface area contributed by atoms with Crippen LogP contribution in [0.1, 0.15) is 38.1 Å². The van der Waals surface area contributed by atoms with E-state index in [-0.39, 0.29) is 5.82 Å². The molecule has 0 saturated heterocycles. The van der Waals surface area contributed by atoms with Gasteiger partial charge in [-0.25, -0.2) is 9.38 Å². The molecule has 7 heteroatoms. The molecule has 0 unspecified atom stereocenters. The minimum absolute atomic E-state index is 0.274. The van der Waals surface area contributed by atoms with Crippen LogP contribution >= 0.6 is 0 Å². The lowest BCUT2D eigenvalue weighted by molar-refractivity contribution is 0.281. The second kappa shape index (κ2) is 9.79. The summed E-state index contributed by atoms with van der Waals surface area (Å²) in [6, 6.07) is 7.94. The van der Waals surface area contributed by atoms with Gasteiger partial charge < -0.3 is 19.5 Å². The van der Waals surface area contributed by atoms with Gasteiger partial charge in [0.1, 0.15) is 24.7 Å². The third-order valence-corrected chi connectivity index (χ3v) is 3.76. The number of aromatic nitrogens is 1. The second-order valence-electron chi connectivity index (χ2n) is 6.27. The van der Waals surface area contributed by atoms with Crippen LogP contribution in [0.25, 0.3) is 0 Å².